The zero-order chi connectivity index (χ0) is 20.6. The molecule has 0 fully saturated rings. The number of benzene rings is 2. The number of esters is 1. The Morgan fingerprint density at radius 3 is 2.14 bits per heavy atom. The Morgan fingerprint density at radius 1 is 0.964 bits per heavy atom. The first kappa shape index (κ1) is 21.4. The Balaban J connectivity index is 1.96. The number of ether oxygens (including phenoxy) is 1. The van der Waals surface area contributed by atoms with Gasteiger partial charge in [-0.3, -0.25) is 9.52 Å². The Bertz CT molecular complexity index is 892. The highest BCUT2D eigenvalue weighted by Gasteiger charge is 2.16. The van der Waals surface area contributed by atoms with E-state index in [1.807, 2.05) is 13.8 Å². The van der Waals surface area contributed by atoms with E-state index in [9.17, 15) is 18.0 Å². The number of amides is 1. The van der Waals surface area contributed by atoms with Crippen LogP contribution in [0, 0.1) is 0 Å². The molecule has 0 radical (unpaired) electrons. The second-order valence-corrected chi connectivity index (χ2v) is 7.84. The lowest BCUT2D eigenvalue weighted by Crippen LogP contribution is -2.36. The van der Waals surface area contributed by atoms with Gasteiger partial charge in [0, 0.05) is 11.7 Å². The summed E-state index contributed by atoms with van der Waals surface area (Å²) in [5.41, 5.74) is 0.600. The first-order chi connectivity index (χ1) is 13.4. The molecule has 8 heteroatoms. The van der Waals surface area contributed by atoms with Crippen molar-refractivity contribution in [1.29, 1.82) is 0 Å². The smallest absolute Gasteiger partial charge is 0.338 e. The summed E-state index contributed by atoms with van der Waals surface area (Å²) in [4.78, 5) is 23.9. The van der Waals surface area contributed by atoms with Gasteiger partial charge in [0.25, 0.3) is 15.9 Å². The summed E-state index contributed by atoms with van der Waals surface area (Å²) in [5, 5.41) is 2.77. The molecule has 0 aliphatic rings. The highest BCUT2D eigenvalue weighted by molar-refractivity contribution is 7.92. The minimum Gasteiger partial charge on any atom is -0.452 e. The number of carbonyl (C=O) groups is 2. The average Bonchev–Trinajstić information content (AvgIpc) is 2.70. The van der Waals surface area contributed by atoms with E-state index in [0.29, 0.717) is 5.69 Å². The van der Waals surface area contributed by atoms with Crippen LogP contribution in [0.5, 0.6) is 0 Å². The van der Waals surface area contributed by atoms with Crippen LogP contribution in [0.3, 0.4) is 0 Å². The van der Waals surface area contributed by atoms with Crippen molar-refractivity contribution in [1.82, 2.24) is 5.32 Å². The van der Waals surface area contributed by atoms with Crippen molar-refractivity contribution in [2.75, 3.05) is 11.3 Å². The van der Waals surface area contributed by atoms with Gasteiger partial charge in [-0.2, -0.15) is 0 Å². The first-order valence-electron chi connectivity index (χ1n) is 9.00. The average molecular weight is 404 g/mol. The fraction of sp³-hybridized carbons (Fsp3) is 0.300. The maximum atomic E-state index is 12.4. The van der Waals surface area contributed by atoms with E-state index in [4.69, 9.17) is 4.74 Å². The van der Waals surface area contributed by atoms with Crippen LogP contribution in [0.1, 0.15) is 37.0 Å². The minimum atomic E-state index is -3.77. The van der Waals surface area contributed by atoms with Crippen LogP contribution < -0.4 is 10.0 Å². The molecule has 0 aromatic heterocycles. The quantitative estimate of drug-likeness (QED) is 0.626. The number of nitrogens with one attached hydrogen (secondary N) is 2. The summed E-state index contributed by atoms with van der Waals surface area (Å²) in [5.74, 6) is -1.06. The highest BCUT2D eigenvalue weighted by atomic mass is 32.2. The lowest BCUT2D eigenvalue weighted by molar-refractivity contribution is -0.125. The number of para-hydroxylation sites is 1. The van der Waals surface area contributed by atoms with Crippen LogP contribution in [0.2, 0.25) is 0 Å². The molecule has 2 aromatic rings. The third-order valence-electron chi connectivity index (χ3n) is 4.11. The van der Waals surface area contributed by atoms with Gasteiger partial charge in [0.15, 0.2) is 6.61 Å². The van der Waals surface area contributed by atoms with Crippen LogP contribution >= 0.6 is 0 Å². The molecular formula is C20H24N2O5S. The molecular weight excluding hydrogens is 380 g/mol. The lowest BCUT2D eigenvalue weighted by Gasteiger charge is -2.14. The van der Waals surface area contributed by atoms with Gasteiger partial charge in [0.05, 0.1) is 10.5 Å². The van der Waals surface area contributed by atoms with E-state index in [1.165, 1.54) is 24.3 Å². The molecule has 2 aromatic carbocycles. The summed E-state index contributed by atoms with van der Waals surface area (Å²) in [6.07, 6.45) is 1.59. The van der Waals surface area contributed by atoms with Crippen LogP contribution in [0.4, 0.5) is 5.69 Å². The highest BCUT2D eigenvalue weighted by Crippen LogP contribution is 2.16. The number of hydrogen-bond donors (Lipinski definition) is 2. The molecule has 0 saturated heterocycles. The Labute approximate surface area is 165 Å². The molecule has 0 spiro atoms. The van der Waals surface area contributed by atoms with Crippen molar-refractivity contribution >= 4 is 27.6 Å². The predicted molar refractivity (Wildman–Crippen MR) is 106 cm³/mol. The van der Waals surface area contributed by atoms with Gasteiger partial charge in [0.1, 0.15) is 0 Å². The van der Waals surface area contributed by atoms with Crippen molar-refractivity contribution in [2.24, 2.45) is 0 Å². The maximum Gasteiger partial charge on any atom is 0.338 e. The summed E-state index contributed by atoms with van der Waals surface area (Å²) < 4.78 is 32.2. The second kappa shape index (κ2) is 9.89. The van der Waals surface area contributed by atoms with Crippen LogP contribution in [0.15, 0.2) is 59.5 Å². The predicted octanol–water partition coefficient (Wildman–Crippen LogP) is 2.95. The van der Waals surface area contributed by atoms with E-state index in [2.05, 4.69) is 10.0 Å². The van der Waals surface area contributed by atoms with Crippen LogP contribution in [0.25, 0.3) is 0 Å². The molecule has 28 heavy (non-hydrogen) atoms. The fourth-order valence-corrected chi connectivity index (χ4v) is 3.53. The van der Waals surface area contributed by atoms with Gasteiger partial charge in [-0.05, 0) is 49.2 Å². The zero-order valence-corrected chi connectivity index (χ0v) is 16.7. The van der Waals surface area contributed by atoms with Gasteiger partial charge in [-0.15, -0.1) is 0 Å². The van der Waals surface area contributed by atoms with Gasteiger partial charge < -0.3 is 10.1 Å². The lowest BCUT2D eigenvalue weighted by atomic mass is 10.2. The van der Waals surface area contributed by atoms with E-state index in [1.54, 1.807) is 30.3 Å². The summed E-state index contributed by atoms with van der Waals surface area (Å²) >= 11 is 0. The topological polar surface area (TPSA) is 102 Å². The molecule has 0 aliphatic heterocycles. The maximum absolute atomic E-state index is 12.4. The van der Waals surface area contributed by atoms with Crippen molar-refractivity contribution in [3.05, 3.63) is 60.2 Å². The fourth-order valence-electron chi connectivity index (χ4n) is 2.47. The van der Waals surface area contributed by atoms with Crippen molar-refractivity contribution < 1.29 is 22.7 Å². The second-order valence-electron chi connectivity index (χ2n) is 6.15. The molecule has 0 bridgehead atoms. The minimum absolute atomic E-state index is 0.0133. The van der Waals surface area contributed by atoms with E-state index >= 15 is 0 Å². The number of rotatable bonds is 9. The molecule has 1 amide bonds. The molecule has 2 N–H and O–H groups in total. The van der Waals surface area contributed by atoms with E-state index < -0.39 is 16.0 Å². The molecule has 0 unspecified atom stereocenters. The van der Waals surface area contributed by atoms with Crippen LogP contribution in [-0.2, 0) is 19.6 Å². The third kappa shape index (κ3) is 6.09. The monoisotopic (exact) mass is 404 g/mol. The Kier molecular flexibility index (Phi) is 7.57. The van der Waals surface area contributed by atoms with Gasteiger partial charge in [-0.25, -0.2) is 13.2 Å². The van der Waals surface area contributed by atoms with Crippen molar-refractivity contribution in [3.8, 4) is 0 Å². The number of carbonyl (C=O) groups excluding carboxylic acids is 2. The van der Waals surface area contributed by atoms with Gasteiger partial charge in [-0.1, -0.05) is 32.0 Å². The van der Waals surface area contributed by atoms with Crippen molar-refractivity contribution in [3.63, 3.8) is 0 Å². The molecule has 2 rings (SSSR count). The summed E-state index contributed by atoms with van der Waals surface area (Å²) in [6, 6.07) is 13.9. The van der Waals surface area contributed by atoms with Gasteiger partial charge >= 0.3 is 5.97 Å². The van der Waals surface area contributed by atoms with E-state index in [0.717, 1.165) is 12.8 Å². The SMILES string of the molecule is CCC(CC)NC(=O)COC(=O)c1ccc(S(=O)(=O)Nc2ccccc2)cc1. The molecule has 0 saturated carbocycles. The Morgan fingerprint density at radius 2 is 1.57 bits per heavy atom. The molecule has 7 nitrogen and oxygen atoms in total. The molecule has 0 heterocycles. The van der Waals surface area contributed by atoms with E-state index in [-0.39, 0.29) is 29.0 Å². The largest absolute Gasteiger partial charge is 0.452 e. The summed E-state index contributed by atoms with van der Waals surface area (Å²) in [7, 11) is -3.77. The molecule has 0 aliphatic carbocycles. The summed E-state index contributed by atoms with van der Waals surface area (Å²) in [6.45, 7) is 3.54. The molecule has 150 valence electrons. The van der Waals surface area contributed by atoms with Gasteiger partial charge in [0.2, 0.25) is 0 Å². The number of anilines is 1. The number of hydrogen-bond acceptors (Lipinski definition) is 5. The van der Waals surface area contributed by atoms with Crippen LogP contribution in [-0.4, -0.2) is 32.9 Å². The number of sulfonamides is 1. The Hall–Kier alpha value is -2.87. The van der Waals surface area contributed by atoms with Crippen molar-refractivity contribution in [2.45, 2.75) is 37.6 Å². The first-order valence-corrected chi connectivity index (χ1v) is 10.5. The normalized spacial score (nSPS) is 11.1. The molecule has 0 atom stereocenters. The standard InChI is InChI=1S/C20H24N2O5S/c1-3-16(4-2)21-19(23)14-27-20(24)15-10-12-18(13-11-15)28(25,26)22-17-8-6-5-7-9-17/h5-13,16,22H,3-4,14H2,1-2H3,(H,21,23). The third-order valence-corrected chi connectivity index (χ3v) is 5.51. The zero-order valence-electron chi connectivity index (χ0n) is 15.8.